The number of hydrogen-bond acceptors (Lipinski definition) is 4. The van der Waals surface area contributed by atoms with Crippen LogP contribution in [-0.2, 0) is 0 Å². The normalized spacial score (nSPS) is 10.2. The van der Waals surface area contributed by atoms with Crippen molar-refractivity contribution >= 4 is 17.4 Å². The molecule has 0 amide bonds. The number of halogens is 1. The average molecular weight is 279 g/mol. The predicted molar refractivity (Wildman–Crippen MR) is 71.0 cm³/mol. The van der Waals surface area contributed by atoms with Gasteiger partial charge in [-0.15, -0.1) is 0 Å². The van der Waals surface area contributed by atoms with E-state index in [9.17, 15) is 15.0 Å². The Hall–Kier alpha value is -2.20. The number of rotatable bonds is 4. The van der Waals surface area contributed by atoms with Crippen LogP contribution in [0, 0.1) is 0 Å². The molecule has 0 saturated heterocycles. The molecule has 0 aromatic heterocycles. The number of carbonyl (C=O) groups is 1. The van der Waals surface area contributed by atoms with E-state index >= 15 is 0 Å². The van der Waals surface area contributed by atoms with E-state index in [1.165, 1.54) is 12.1 Å². The summed E-state index contributed by atoms with van der Waals surface area (Å²) in [7, 11) is 0. The third kappa shape index (κ3) is 2.98. The van der Waals surface area contributed by atoms with Crippen LogP contribution >= 0.6 is 11.6 Å². The molecular weight excluding hydrogens is 268 g/mol. The van der Waals surface area contributed by atoms with E-state index < -0.39 is 11.5 Å². The van der Waals surface area contributed by atoms with Crippen molar-refractivity contribution in [1.29, 1.82) is 0 Å². The molecule has 0 spiro atoms. The molecule has 5 heteroatoms. The second-order valence-electron chi connectivity index (χ2n) is 3.82. The smallest absolute Gasteiger partial charge is 0.203 e. The van der Waals surface area contributed by atoms with Gasteiger partial charge in [0.25, 0.3) is 0 Å². The largest absolute Gasteiger partial charge is 0.506 e. The number of ether oxygens (including phenoxy) is 1. The molecule has 0 radical (unpaired) electrons. The number of hydrogen-bond donors (Lipinski definition) is 2. The minimum absolute atomic E-state index is 0.0127. The summed E-state index contributed by atoms with van der Waals surface area (Å²) in [4.78, 5) is 11.9. The van der Waals surface area contributed by atoms with Crippen molar-refractivity contribution in [1.82, 2.24) is 0 Å². The van der Waals surface area contributed by atoms with Gasteiger partial charge >= 0.3 is 0 Å². The van der Waals surface area contributed by atoms with Crippen LogP contribution < -0.4 is 4.74 Å². The minimum atomic E-state index is -0.441. The number of aromatic hydroxyl groups is 2. The maximum atomic E-state index is 11.9. The summed E-state index contributed by atoms with van der Waals surface area (Å²) in [6.45, 7) is -0.224. The summed E-state index contributed by atoms with van der Waals surface area (Å²) < 4.78 is 5.28. The Morgan fingerprint density at radius 2 is 1.79 bits per heavy atom. The average Bonchev–Trinajstić information content (AvgIpc) is 2.43. The zero-order valence-electron chi connectivity index (χ0n) is 9.84. The van der Waals surface area contributed by atoms with Gasteiger partial charge in [0, 0.05) is 0 Å². The highest BCUT2D eigenvalue weighted by Crippen LogP contribution is 2.35. The van der Waals surface area contributed by atoms with E-state index in [1.807, 2.05) is 6.07 Å². The van der Waals surface area contributed by atoms with E-state index in [2.05, 4.69) is 0 Å². The number of ketones is 1. The summed E-state index contributed by atoms with van der Waals surface area (Å²) >= 11 is 5.65. The maximum Gasteiger partial charge on any atom is 0.203 e. The summed E-state index contributed by atoms with van der Waals surface area (Å²) in [5.74, 6) is -0.591. The standard InChI is InChI=1S/C14H11ClO4/c15-13-11(16)7-6-10(14(13)18)12(17)8-19-9-4-2-1-3-5-9/h1-7,16,18H,8H2. The first-order valence-electron chi connectivity index (χ1n) is 5.51. The molecule has 0 fully saturated rings. The van der Waals surface area contributed by atoms with Crippen molar-refractivity contribution in [2.75, 3.05) is 6.61 Å². The molecule has 2 aromatic rings. The predicted octanol–water partition coefficient (Wildman–Crippen LogP) is 3.01. The number of para-hydroxylation sites is 1. The third-order valence-corrected chi connectivity index (χ3v) is 2.88. The topological polar surface area (TPSA) is 66.8 Å². The van der Waals surface area contributed by atoms with Gasteiger partial charge in [0.15, 0.2) is 6.61 Å². The molecule has 0 aliphatic rings. The molecule has 0 saturated carbocycles. The first-order valence-corrected chi connectivity index (χ1v) is 5.89. The second-order valence-corrected chi connectivity index (χ2v) is 4.20. The Kier molecular flexibility index (Phi) is 3.92. The fraction of sp³-hybridized carbons (Fsp3) is 0.0714. The summed E-state index contributed by atoms with van der Waals surface area (Å²) in [6.07, 6.45) is 0. The number of benzene rings is 2. The Bertz CT molecular complexity index is 596. The third-order valence-electron chi connectivity index (χ3n) is 2.51. The van der Waals surface area contributed by atoms with Crippen molar-refractivity contribution in [3.05, 3.63) is 53.1 Å². The Morgan fingerprint density at radius 1 is 1.11 bits per heavy atom. The number of carbonyl (C=O) groups excluding carboxylic acids is 1. The van der Waals surface area contributed by atoms with Crippen molar-refractivity contribution in [3.63, 3.8) is 0 Å². The monoisotopic (exact) mass is 278 g/mol. The van der Waals surface area contributed by atoms with Crippen LogP contribution in [0.1, 0.15) is 10.4 Å². The van der Waals surface area contributed by atoms with Gasteiger partial charge in [0.1, 0.15) is 22.3 Å². The zero-order valence-corrected chi connectivity index (χ0v) is 10.6. The highest BCUT2D eigenvalue weighted by molar-refractivity contribution is 6.34. The van der Waals surface area contributed by atoms with Crippen molar-refractivity contribution in [3.8, 4) is 17.2 Å². The highest BCUT2D eigenvalue weighted by atomic mass is 35.5. The van der Waals surface area contributed by atoms with Gasteiger partial charge in [0.05, 0.1) is 5.56 Å². The van der Waals surface area contributed by atoms with Gasteiger partial charge in [-0.1, -0.05) is 29.8 Å². The van der Waals surface area contributed by atoms with E-state index in [1.54, 1.807) is 24.3 Å². The van der Waals surface area contributed by atoms with Gasteiger partial charge < -0.3 is 14.9 Å². The van der Waals surface area contributed by atoms with Gasteiger partial charge in [-0.3, -0.25) is 4.79 Å². The van der Waals surface area contributed by atoms with Gasteiger partial charge in [-0.25, -0.2) is 0 Å². The highest BCUT2D eigenvalue weighted by Gasteiger charge is 2.16. The minimum Gasteiger partial charge on any atom is -0.506 e. The van der Waals surface area contributed by atoms with Gasteiger partial charge in [-0.2, -0.15) is 0 Å². The molecule has 2 rings (SSSR count). The second kappa shape index (κ2) is 5.63. The van der Waals surface area contributed by atoms with E-state index in [4.69, 9.17) is 16.3 Å². The lowest BCUT2D eigenvalue weighted by Crippen LogP contribution is -2.11. The fourth-order valence-corrected chi connectivity index (χ4v) is 1.69. The molecule has 19 heavy (non-hydrogen) atoms. The van der Waals surface area contributed by atoms with Crippen molar-refractivity contribution in [2.24, 2.45) is 0 Å². The molecule has 2 N–H and O–H groups in total. The molecule has 0 heterocycles. The maximum absolute atomic E-state index is 11.9. The Labute approximate surface area is 114 Å². The first kappa shape index (κ1) is 13.2. The molecule has 0 unspecified atom stereocenters. The Balaban J connectivity index is 2.11. The number of Topliss-reactive ketones (excluding diaryl/α,β-unsaturated/α-hetero) is 1. The van der Waals surface area contributed by atoms with Crippen LogP contribution in [0.15, 0.2) is 42.5 Å². The van der Waals surface area contributed by atoms with Gasteiger partial charge in [-0.05, 0) is 24.3 Å². The molecule has 0 bridgehead atoms. The lowest BCUT2D eigenvalue weighted by molar-refractivity contribution is 0.0919. The summed E-state index contributed by atoms with van der Waals surface area (Å²) in [5.41, 5.74) is 0.0127. The van der Waals surface area contributed by atoms with Gasteiger partial charge in [0.2, 0.25) is 5.78 Å². The van der Waals surface area contributed by atoms with Crippen LogP contribution in [0.3, 0.4) is 0 Å². The molecule has 0 aliphatic heterocycles. The SMILES string of the molecule is O=C(COc1ccccc1)c1ccc(O)c(Cl)c1O. The van der Waals surface area contributed by atoms with Crippen molar-refractivity contribution in [2.45, 2.75) is 0 Å². The van der Waals surface area contributed by atoms with Crippen LogP contribution in [0.5, 0.6) is 17.2 Å². The molecule has 0 atom stereocenters. The molecule has 0 aliphatic carbocycles. The number of phenolic OH excluding ortho intramolecular Hbond substituents is 2. The molecule has 2 aromatic carbocycles. The summed E-state index contributed by atoms with van der Waals surface area (Å²) in [5, 5.41) is 18.7. The molecular formula is C14H11ClO4. The summed E-state index contributed by atoms with van der Waals surface area (Å²) in [6, 6.07) is 11.4. The molecule has 98 valence electrons. The van der Waals surface area contributed by atoms with E-state index in [-0.39, 0.29) is 22.9 Å². The lowest BCUT2D eigenvalue weighted by atomic mass is 10.1. The lowest BCUT2D eigenvalue weighted by Gasteiger charge is -2.08. The first-order chi connectivity index (χ1) is 9.09. The number of phenols is 2. The Morgan fingerprint density at radius 3 is 2.47 bits per heavy atom. The van der Waals surface area contributed by atoms with Crippen LogP contribution in [-0.4, -0.2) is 22.6 Å². The van der Waals surface area contributed by atoms with Crippen molar-refractivity contribution < 1.29 is 19.7 Å². The van der Waals surface area contributed by atoms with E-state index in [0.29, 0.717) is 5.75 Å². The van der Waals surface area contributed by atoms with Crippen LogP contribution in [0.25, 0.3) is 0 Å². The van der Waals surface area contributed by atoms with Crippen LogP contribution in [0.4, 0.5) is 0 Å². The zero-order chi connectivity index (χ0) is 13.8. The molecule has 4 nitrogen and oxygen atoms in total. The van der Waals surface area contributed by atoms with E-state index in [0.717, 1.165) is 0 Å². The quantitative estimate of drug-likeness (QED) is 0.844. The fourth-order valence-electron chi connectivity index (χ4n) is 1.52. The van der Waals surface area contributed by atoms with Crippen LogP contribution in [0.2, 0.25) is 5.02 Å².